The maximum absolute atomic E-state index is 13.2. The van der Waals surface area contributed by atoms with Gasteiger partial charge in [-0.3, -0.25) is 9.59 Å². The van der Waals surface area contributed by atoms with Crippen LogP contribution in [0.15, 0.2) is 17.0 Å². The molecule has 1 heterocycles. The van der Waals surface area contributed by atoms with Crippen LogP contribution in [0, 0.1) is 19.8 Å². The van der Waals surface area contributed by atoms with Crippen LogP contribution in [0.4, 0.5) is 0 Å². The third-order valence-corrected chi connectivity index (χ3v) is 7.92. The number of sulfonamides is 1. The summed E-state index contributed by atoms with van der Waals surface area (Å²) in [5, 5.41) is 5.58. The van der Waals surface area contributed by atoms with Crippen molar-refractivity contribution in [1.29, 1.82) is 0 Å². The minimum absolute atomic E-state index is 0.0958. The maximum atomic E-state index is 13.2. The van der Waals surface area contributed by atoms with Crippen LogP contribution in [0.3, 0.4) is 0 Å². The molecule has 0 saturated carbocycles. The third-order valence-electron chi connectivity index (χ3n) is 5.90. The summed E-state index contributed by atoms with van der Waals surface area (Å²) in [6, 6.07) is 3.25. The SMILES string of the molecule is CCC(C)NC(=O)CCNC(=O)c1cc(C)c(C)c(S(=O)(=O)N2CCC(C)CC2)c1. The Balaban J connectivity index is 2.12. The molecule has 1 unspecified atom stereocenters. The molecule has 1 fully saturated rings. The van der Waals surface area contributed by atoms with Gasteiger partial charge in [0, 0.05) is 37.7 Å². The van der Waals surface area contributed by atoms with E-state index >= 15 is 0 Å². The molecule has 30 heavy (non-hydrogen) atoms. The average molecular weight is 438 g/mol. The summed E-state index contributed by atoms with van der Waals surface area (Å²) >= 11 is 0. The summed E-state index contributed by atoms with van der Waals surface area (Å²) < 4.78 is 28.0. The van der Waals surface area contributed by atoms with Crippen LogP contribution in [0.5, 0.6) is 0 Å². The van der Waals surface area contributed by atoms with Crippen molar-refractivity contribution in [2.75, 3.05) is 19.6 Å². The molecule has 0 spiro atoms. The minimum Gasteiger partial charge on any atom is -0.354 e. The zero-order valence-corrected chi connectivity index (χ0v) is 19.6. The second kappa shape index (κ2) is 10.4. The molecule has 0 aliphatic carbocycles. The molecule has 1 aromatic rings. The monoisotopic (exact) mass is 437 g/mol. The van der Waals surface area contributed by atoms with E-state index in [2.05, 4.69) is 17.6 Å². The molecule has 7 nitrogen and oxygen atoms in total. The summed E-state index contributed by atoms with van der Waals surface area (Å²) in [5.74, 6) is 0.0272. The Morgan fingerprint density at radius 1 is 1.20 bits per heavy atom. The summed E-state index contributed by atoms with van der Waals surface area (Å²) in [4.78, 5) is 24.7. The van der Waals surface area contributed by atoms with Gasteiger partial charge in [-0.05, 0) is 69.2 Å². The molecular formula is C22H35N3O4S. The van der Waals surface area contributed by atoms with Crippen molar-refractivity contribution < 1.29 is 18.0 Å². The Morgan fingerprint density at radius 2 is 1.83 bits per heavy atom. The van der Waals surface area contributed by atoms with E-state index in [1.807, 2.05) is 20.8 Å². The number of nitrogens with one attached hydrogen (secondary N) is 2. The van der Waals surface area contributed by atoms with Crippen molar-refractivity contribution in [2.24, 2.45) is 5.92 Å². The molecule has 1 aliphatic rings. The Bertz CT molecular complexity index is 875. The number of aryl methyl sites for hydroxylation is 1. The topological polar surface area (TPSA) is 95.6 Å². The van der Waals surface area contributed by atoms with Gasteiger partial charge in [0.25, 0.3) is 5.91 Å². The van der Waals surface area contributed by atoms with E-state index in [1.165, 1.54) is 10.4 Å². The number of nitrogens with zero attached hydrogens (tertiary/aromatic N) is 1. The lowest BCUT2D eigenvalue weighted by Gasteiger charge is -2.30. The van der Waals surface area contributed by atoms with E-state index in [1.54, 1.807) is 13.0 Å². The fourth-order valence-corrected chi connectivity index (χ4v) is 5.22. The van der Waals surface area contributed by atoms with Crippen LogP contribution < -0.4 is 10.6 Å². The normalized spacial score (nSPS) is 16.8. The predicted octanol–water partition coefficient (Wildman–Crippen LogP) is 2.76. The van der Waals surface area contributed by atoms with E-state index in [0.717, 1.165) is 24.8 Å². The molecule has 1 aromatic carbocycles. The van der Waals surface area contributed by atoms with Gasteiger partial charge >= 0.3 is 0 Å². The number of carbonyl (C=O) groups excluding carboxylic acids is 2. The summed E-state index contributed by atoms with van der Waals surface area (Å²) in [7, 11) is -3.66. The molecule has 0 radical (unpaired) electrons. The molecule has 0 aromatic heterocycles. The summed E-state index contributed by atoms with van der Waals surface area (Å²) in [5.41, 5.74) is 1.71. The van der Waals surface area contributed by atoms with Crippen molar-refractivity contribution >= 4 is 21.8 Å². The summed E-state index contributed by atoms with van der Waals surface area (Å²) in [6.07, 6.45) is 2.71. The van der Waals surface area contributed by atoms with E-state index in [0.29, 0.717) is 30.1 Å². The molecular weight excluding hydrogens is 402 g/mol. The first-order valence-corrected chi connectivity index (χ1v) is 12.2. The Morgan fingerprint density at radius 3 is 2.43 bits per heavy atom. The Labute approximate surface area is 180 Å². The molecule has 2 rings (SSSR count). The highest BCUT2D eigenvalue weighted by atomic mass is 32.2. The quantitative estimate of drug-likeness (QED) is 0.654. The first kappa shape index (κ1) is 24.3. The first-order valence-electron chi connectivity index (χ1n) is 10.7. The van der Waals surface area contributed by atoms with E-state index in [9.17, 15) is 18.0 Å². The number of piperidine rings is 1. The number of amides is 2. The largest absolute Gasteiger partial charge is 0.354 e. The second-order valence-electron chi connectivity index (χ2n) is 8.39. The van der Waals surface area contributed by atoms with Crippen LogP contribution in [-0.4, -0.2) is 50.2 Å². The second-order valence-corrected chi connectivity index (χ2v) is 10.3. The fraction of sp³-hybridized carbons (Fsp3) is 0.636. The maximum Gasteiger partial charge on any atom is 0.251 e. The molecule has 1 atom stereocenters. The molecule has 2 N–H and O–H groups in total. The van der Waals surface area contributed by atoms with E-state index in [4.69, 9.17) is 0 Å². The van der Waals surface area contributed by atoms with Gasteiger partial charge in [0.05, 0.1) is 4.90 Å². The average Bonchev–Trinajstić information content (AvgIpc) is 2.69. The van der Waals surface area contributed by atoms with Gasteiger partial charge in [0.15, 0.2) is 0 Å². The lowest BCUT2D eigenvalue weighted by molar-refractivity contribution is -0.121. The van der Waals surface area contributed by atoms with Crippen molar-refractivity contribution in [3.8, 4) is 0 Å². The number of hydrogen-bond donors (Lipinski definition) is 2. The molecule has 1 aliphatic heterocycles. The zero-order valence-electron chi connectivity index (χ0n) is 18.7. The molecule has 8 heteroatoms. The highest BCUT2D eigenvalue weighted by Gasteiger charge is 2.30. The predicted molar refractivity (Wildman–Crippen MR) is 118 cm³/mol. The highest BCUT2D eigenvalue weighted by Crippen LogP contribution is 2.28. The van der Waals surface area contributed by atoms with Gasteiger partial charge < -0.3 is 10.6 Å². The Kier molecular flexibility index (Phi) is 8.43. The summed E-state index contributed by atoms with van der Waals surface area (Å²) in [6.45, 7) is 10.8. The van der Waals surface area contributed by atoms with Gasteiger partial charge in [-0.2, -0.15) is 4.31 Å². The number of rotatable bonds is 8. The minimum atomic E-state index is -3.66. The smallest absolute Gasteiger partial charge is 0.251 e. The van der Waals surface area contributed by atoms with Gasteiger partial charge in [-0.1, -0.05) is 13.8 Å². The van der Waals surface area contributed by atoms with Crippen molar-refractivity contribution in [3.63, 3.8) is 0 Å². The van der Waals surface area contributed by atoms with Crippen molar-refractivity contribution in [3.05, 3.63) is 28.8 Å². The van der Waals surface area contributed by atoms with Gasteiger partial charge in [0.2, 0.25) is 15.9 Å². The third kappa shape index (κ3) is 6.04. The standard InChI is InChI=1S/C22H35N3O4S/c1-6-17(4)24-21(26)7-10-23-22(27)19-13-16(3)18(5)20(14-19)30(28,29)25-11-8-15(2)9-12-25/h13-15,17H,6-12H2,1-5H3,(H,23,27)(H,24,26). The number of benzene rings is 1. The van der Waals surface area contributed by atoms with Crippen LogP contribution in [-0.2, 0) is 14.8 Å². The van der Waals surface area contributed by atoms with Gasteiger partial charge in [-0.25, -0.2) is 8.42 Å². The number of hydrogen-bond acceptors (Lipinski definition) is 4. The zero-order chi connectivity index (χ0) is 22.5. The van der Waals surface area contributed by atoms with Crippen molar-refractivity contribution in [1.82, 2.24) is 14.9 Å². The van der Waals surface area contributed by atoms with Crippen LogP contribution >= 0.6 is 0 Å². The van der Waals surface area contributed by atoms with Gasteiger partial charge in [-0.15, -0.1) is 0 Å². The van der Waals surface area contributed by atoms with Gasteiger partial charge in [0.1, 0.15) is 0 Å². The molecule has 168 valence electrons. The van der Waals surface area contributed by atoms with E-state index in [-0.39, 0.29) is 35.7 Å². The molecule has 2 amide bonds. The number of carbonyl (C=O) groups is 2. The van der Waals surface area contributed by atoms with Crippen LogP contribution in [0.25, 0.3) is 0 Å². The van der Waals surface area contributed by atoms with Crippen LogP contribution in [0.2, 0.25) is 0 Å². The van der Waals surface area contributed by atoms with E-state index < -0.39 is 10.0 Å². The highest BCUT2D eigenvalue weighted by molar-refractivity contribution is 7.89. The molecule has 0 bridgehead atoms. The first-order chi connectivity index (χ1) is 14.1. The van der Waals surface area contributed by atoms with Crippen LogP contribution in [0.1, 0.15) is 67.9 Å². The molecule has 1 saturated heterocycles. The fourth-order valence-electron chi connectivity index (χ4n) is 3.43. The van der Waals surface area contributed by atoms with Crippen molar-refractivity contribution in [2.45, 2.75) is 71.2 Å². The lowest BCUT2D eigenvalue weighted by atomic mass is 10.0. The Hall–Kier alpha value is -1.93. The lowest BCUT2D eigenvalue weighted by Crippen LogP contribution is -2.38.